The molecule has 28 heavy (non-hydrogen) atoms. The highest BCUT2D eigenvalue weighted by atomic mass is 35.5. The van der Waals surface area contributed by atoms with Crippen LogP contribution < -0.4 is 15.7 Å². The van der Waals surface area contributed by atoms with Crippen molar-refractivity contribution < 1.29 is 23.9 Å². The molecule has 0 bridgehead atoms. The molecule has 0 atom stereocenters. The highest BCUT2D eigenvalue weighted by Gasteiger charge is 2.22. The first-order valence-corrected chi connectivity index (χ1v) is 9.99. The largest absolute Gasteiger partial charge is 0.478 e. The van der Waals surface area contributed by atoms with E-state index in [0.29, 0.717) is 11.5 Å². The second-order valence-electron chi connectivity index (χ2n) is 5.80. The van der Waals surface area contributed by atoms with E-state index in [1.165, 1.54) is 24.3 Å². The van der Waals surface area contributed by atoms with E-state index in [1.807, 2.05) is 0 Å². The third-order valence-electron chi connectivity index (χ3n) is 3.69. The molecule has 1 aromatic heterocycles. The number of anilines is 1. The molecule has 0 fully saturated rings. The van der Waals surface area contributed by atoms with Crippen LogP contribution in [0.15, 0.2) is 40.5 Å². The molecule has 0 saturated heterocycles. The van der Waals surface area contributed by atoms with E-state index in [1.54, 1.807) is 17.7 Å². The van der Waals surface area contributed by atoms with E-state index < -0.39 is 16.0 Å². The van der Waals surface area contributed by atoms with Crippen LogP contribution in [0.25, 0.3) is 0 Å². The first-order chi connectivity index (χ1) is 13.2. The summed E-state index contributed by atoms with van der Waals surface area (Å²) in [6.45, 7) is 0. The van der Waals surface area contributed by atoms with Gasteiger partial charge in [0.2, 0.25) is 0 Å². The molecule has 0 aliphatic carbocycles. The average Bonchev–Trinajstić information content (AvgIpc) is 3.03. The number of carboxylic acids is 1. The number of nitrogens with two attached hydrogens (primary N) is 1. The molecule has 2 aromatic rings. The van der Waals surface area contributed by atoms with E-state index in [2.05, 4.69) is 20.2 Å². The molecule has 0 radical (unpaired) electrons. The molecule has 13 heteroatoms. The number of pyridine rings is 1. The first-order valence-electron chi connectivity index (χ1n) is 7.75. The number of halogens is 2. The second kappa shape index (κ2) is 7.89. The fraction of sp³-hybridized carbons (Fsp3) is 0.133. The number of aromatic nitrogens is 1. The lowest BCUT2D eigenvalue weighted by Crippen LogP contribution is -2.86. The zero-order valence-corrected chi connectivity index (χ0v) is 16.7. The third kappa shape index (κ3) is 4.51. The van der Waals surface area contributed by atoms with Gasteiger partial charge in [0.1, 0.15) is 0 Å². The monoisotopic (exact) mass is 445 g/mol. The summed E-state index contributed by atoms with van der Waals surface area (Å²) in [6, 6.07) is 5.04. The predicted molar refractivity (Wildman–Crippen MR) is 102 cm³/mol. The highest BCUT2D eigenvalue weighted by molar-refractivity contribution is 7.92. The summed E-state index contributed by atoms with van der Waals surface area (Å²) >= 11 is 11.7. The normalized spacial score (nSPS) is 14.5. The Hall–Kier alpha value is -2.44. The molecule has 5 N–H and O–H groups in total. The van der Waals surface area contributed by atoms with Gasteiger partial charge in [-0.3, -0.25) is 15.1 Å². The van der Waals surface area contributed by atoms with Gasteiger partial charge in [0, 0.05) is 6.20 Å². The maximum atomic E-state index is 12.7. The topological polar surface area (TPSA) is 141 Å². The molecular weight excluding hydrogens is 431 g/mol. The van der Waals surface area contributed by atoms with Crippen molar-refractivity contribution in [2.75, 3.05) is 11.8 Å². The third-order valence-corrected chi connectivity index (χ3v) is 5.79. The molecule has 0 unspecified atom stereocenters. The van der Waals surface area contributed by atoms with Crippen LogP contribution in [0.2, 0.25) is 10.0 Å². The minimum Gasteiger partial charge on any atom is -0.478 e. The van der Waals surface area contributed by atoms with Gasteiger partial charge in [-0.25, -0.2) is 13.2 Å². The second-order valence-corrected chi connectivity index (χ2v) is 8.29. The Bertz CT molecular complexity index is 1080. The maximum Gasteiger partial charge on any atom is 0.337 e. The van der Waals surface area contributed by atoms with E-state index in [4.69, 9.17) is 23.2 Å². The number of hydrogen-bond donors (Lipinski definition) is 4. The number of nitrogens with one attached hydrogen (secondary N) is 2. The van der Waals surface area contributed by atoms with E-state index in [0.717, 1.165) is 6.20 Å². The summed E-state index contributed by atoms with van der Waals surface area (Å²) in [5.74, 6) is -0.716. The summed E-state index contributed by atoms with van der Waals surface area (Å²) in [4.78, 5) is 15.2. The fourth-order valence-electron chi connectivity index (χ4n) is 2.35. The molecule has 0 saturated carbocycles. The Morgan fingerprint density at radius 3 is 2.68 bits per heavy atom. The van der Waals surface area contributed by atoms with Crippen molar-refractivity contribution in [1.29, 1.82) is 0 Å². The number of benzene rings is 1. The van der Waals surface area contributed by atoms with Crippen LogP contribution in [0.4, 0.5) is 5.69 Å². The molecule has 0 spiro atoms. The van der Waals surface area contributed by atoms with Crippen LogP contribution in [0.5, 0.6) is 0 Å². The lowest BCUT2D eigenvalue weighted by atomic mass is 10.2. The molecule has 148 valence electrons. The van der Waals surface area contributed by atoms with Crippen molar-refractivity contribution in [3.05, 3.63) is 51.8 Å². The summed E-state index contributed by atoms with van der Waals surface area (Å²) in [7, 11) is -2.33. The summed E-state index contributed by atoms with van der Waals surface area (Å²) in [6.07, 6.45) is 1.30. The zero-order chi connectivity index (χ0) is 20.5. The van der Waals surface area contributed by atoms with Crippen molar-refractivity contribution >= 4 is 50.7 Å². The quantitative estimate of drug-likeness (QED) is 0.478. The van der Waals surface area contributed by atoms with Crippen molar-refractivity contribution in [2.24, 2.45) is 5.10 Å². The number of quaternary nitrogens is 1. The van der Waals surface area contributed by atoms with Gasteiger partial charge in [0.25, 0.3) is 10.0 Å². The van der Waals surface area contributed by atoms with Crippen molar-refractivity contribution in [3.8, 4) is 0 Å². The van der Waals surface area contributed by atoms with Gasteiger partial charge >= 0.3 is 5.97 Å². The van der Waals surface area contributed by atoms with Gasteiger partial charge < -0.3 is 5.11 Å². The number of rotatable bonds is 6. The van der Waals surface area contributed by atoms with Crippen molar-refractivity contribution in [3.63, 3.8) is 0 Å². The smallest absolute Gasteiger partial charge is 0.337 e. The Labute approximate surface area is 170 Å². The fourth-order valence-corrected chi connectivity index (χ4v) is 3.82. The van der Waals surface area contributed by atoms with Gasteiger partial charge in [-0.15, -0.1) is 5.53 Å². The van der Waals surface area contributed by atoms with E-state index in [9.17, 15) is 18.3 Å². The number of sulfonamides is 1. The molecule has 1 aliphatic heterocycles. The number of hydrazine groups is 1. The SMILES string of the molecule is CN1NC(Cc2ncc(C(=O)O)cc2NS(=O)(=O)c2ccc(Cl)c(Cl)c2)=N[NH2+]1. The number of hydrogen-bond acceptors (Lipinski definition) is 7. The number of amidine groups is 1. The number of carboxylic acid groups (broad SMARTS) is 1. The van der Waals surface area contributed by atoms with Gasteiger partial charge in [0.15, 0.2) is 5.84 Å². The standard InChI is InChI=1S/C15H14Cl2N6O4S/c1-23-20-14(19-22-23)6-12-13(4-8(7-18-12)15(24)25)21-28(26,27)9-2-3-10(16)11(17)5-9/h2-5,7,21-22H,6H2,1H3,(H,19,20)(H,24,25)/p+1. The maximum absolute atomic E-state index is 12.7. The summed E-state index contributed by atoms with van der Waals surface area (Å²) in [5, 5.41) is 15.2. The molecule has 1 aromatic carbocycles. The van der Waals surface area contributed by atoms with Crippen LogP contribution >= 0.6 is 23.2 Å². The molecule has 1 aliphatic rings. The average molecular weight is 446 g/mol. The van der Waals surface area contributed by atoms with Crippen LogP contribution in [-0.2, 0) is 16.4 Å². The number of carbonyl (C=O) groups is 1. The molecular formula is C15H15Cl2N6O4S+. The van der Waals surface area contributed by atoms with Crippen LogP contribution in [0.1, 0.15) is 16.1 Å². The van der Waals surface area contributed by atoms with E-state index in [-0.39, 0.29) is 32.6 Å². The molecule has 0 amide bonds. The van der Waals surface area contributed by atoms with Crippen LogP contribution in [-0.4, -0.2) is 42.5 Å². The van der Waals surface area contributed by atoms with Crippen LogP contribution in [0.3, 0.4) is 0 Å². The Morgan fingerprint density at radius 2 is 2.07 bits per heavy atom. The Morgan fingerprint density at radius 1 is 1.32 bits per heavy atom. The highest BCUT2D eigenvalue weighted by Crippen LogP contribution is 2.27. The lowest BCUT2D eigenvalue weighted by molar-refractivity contribution is -0.803. The number of aromatic carboxylic acids is 1. The Kier molecular flexibility index (Phi) is 5.72. The minimum absolute atomic E-state index is 0.0185. The van der Waals surface area contributed by atoms with Crippen LogP contribution in [0, 0.1) is 0 Å². The molecule has 3 rings (SSSR count). The van der Waals surface area contributed by atoms with E-state index >= 15 is 0 Å². The zero-order valence-electron chi connectivity index (χ0n) is 14.3. The minimum atomic E-state index is -4.07. The Balaban J connectivity index is 1.97. The van der Waals surface area contributed by atoms with Gasteiger partial charge in [0.05, 0.1) is 45.4 Å². The van der Waals surface area contributed by atoms with Crippen molar-refractivity contribution in [2.45, 2.75) is 11.3 Å². The van der Waals surface area contributed by atoms with Crippen molar-refractivity contribution in [1.82, 2.24) is 15.5 Å². The van der Waals surface area contributed by atoms with Gasteiger partial charge in [-0.1, -0.05) is 23.2 Å². The molecule has 10 nitrogen and oxygen atoms in total. The molecule has 2 heterocycles. The first kappa shape index (κ1) is 20.3. The van der Waals surface area contributed by atoms with Gasteiger partial charge in [-0.05, 0) is 34.5 Å². The number of nitrogens with zero attached hydrogens (tertiary/aromatic N) is 3. The summed E-state index contributed by atoms with van der Waals surface area (Å²) in [5.41, 5.74) is 4.63. The van der Waals surface area contributed by atoms with Gasteiger partial charge in [-0.2, -0.15) is 0 Å². The summed E-state index contributed by atoms with van der Waals surface area (Å²) < 4.78 is 27.8. The lowest BCUT2D eigenvalue weighted by Gasteiger charge is -2.13. The predicted octanol–water partition coefficient (Wildman–Crippen LogP) is 0.672.